The van der Waals surface area contributed by atoms with Gasteiger partial charge in [-0.2, -0.15) is 0 Å². The van der Waals surface area contributed by atoms with Crippen molar-refractivity contribution < 1.29 is 0 Å². The van der Waals surface area contributed by atoms with Crippen molar-refractivity contribution in [3.05, 3.63) is 9.21 Å². The highest BCUT2D eigenvalue weighted by molar-refractivity contribution is 9.11. The molecule has 146 valence electrons. The first-order valence-corrected chi connectivity index (χ1v) is 18.1. The molecule has 0 bridgehead atoms. The van der Waals surface area contributed by atoms with Gasteiger partial charge in [0.2, 0.25) is 0 Å². The molecule has 0 unspecified atom stereocenters. The minimum Gasteiger partial charge on any atom is -0.239 e. The van der Waals surface area contributed by atoms with E-state index in [4.69, 9.17) is 9.97 Å². The molecule has 8 heteroatoms. The Hall–Kier alpha value is 0.654. The monoisotopic (exact) mass is 552 g/mol. The summed E-state index contributed by atoms with van der Waals surface area (Å²) in [6.07, 6.45) is 0. The molecule has 2 aromatic heterocycles. The average molecular weight is 555 g/mol. The third-order valence-electron chi connectivity index (χ3n) is 5.26. The molecule has 0 aliphatic heterocycles. The molecule has 2 nitrogen and oxygen atoms in total. The largest absolute Gasteiger partial charge is 0.239 e. The molecule has 0 atom stereocenters. The Morgan fingerprint density at radius 1 is 0.692 bits per heavy atom. The van der Waals surface area contributed by atoms with Crippen LogP contribution in [0.25, 0.3) is 9.75 Å². The molecule has 0 aliphatic rings. The van der Waals surface area contributed by atoms with E-state index in [-0.39, 0.29) is 0 Å². The van der Waals surface area contributed by atoms with Crippen molar-refractivity contribution in [2.45, 2.75) is 77.8 Å². The van der Waals surface area contributed by atoms with E-state index < -0.39 is 16.1 Å². The van der Waals surface area contributed by atoms with Crippen LogP contribution < -0.4 is 9.26 Å². The highest BCUT2D eigenvalue weighted by atomic mass is 79.9. The van der Waals surface area contributed by atoms with Crippen LogP contribution in [0, 0.1) is 0 Å². The van der Waals surface area contributed by atoms with Crippen LogP contribution in [0.1, 0.15) is 41.5 Å². The molecule has 0 saturated heterocycles. The van der Waals surface area contributed by atoms with Crippen LogP contribution in [0.2, 0.25) is 36.3 Å². The van der Waals surface area contributed by atoms with Gasteiger partial charge < -0.3 is 0 Å². The first kappa shape index (κ1) is 22.9. The van der Waals surface area contributed by atoms with Gasteiger partial charge in [0.1, 0.15) is 25.4 Å². The lowest BCUT2D eigenvalue weighted by molar-refractivity contribution is 0.833. The van der Waals surface area contributed by atoms with Crippen molar-refractivity contribution in [1.82, 2.24) is 9.97 Å². The fraction of sp³-hybridized carbons (Fsp3) is 0.667. The molecule has 0 saturated carbocycles. The quantitative estimate of drug-likeness (QED) is 0.353. The van der Waals surface area contributed by atoms with Gasteiger partial charge >= 0.3 is 0 Å². The van der Waals surface area contributed by atoms with Gasteiger partial charge in [-0.1, -0.05) is 61.2 Å². The van der Waals surface area contributed by atoms with E-state index in [2.05, 4.69) is 93.0 Å². The SMILES string of the molecule is CC(C)[Si](c1nc(Br)c(-c2sc([Si](C)(C)C)nc2Br)s1)(C(C)C)C(C)C. The lowest BCUT2D eigenvalue weighted by Crippen LogP contribution is -2.55. The summed E-state index contributed by atoms with van der Waals surface area (Å²) in [5.41, 5.74) is 1.99. The third kappa shape index (κ3) is 4.01. The second-order valence-corrected chi connectivity index (χ2v) is 23.9. The third-order valence-corrected chi connectivity index (χ3v) is 20.3. The van der Waals surface area contributed by atoms with Crippen molar-refractivity contribution in [3.8, 4) is 9.75 Å². The summed E-state index contributed by atoms with van der Waals surface area (Å²) in [5, 5.41) is 0. The van der Waals surface area contributed by atoms with Gasteiger partial charge in [-0.15, -0.1) is 22.7 Å². The zero-order chi connectivity index (χ0) is 20.0. The van der Waals surface area contributed by atoms with Crippen molar-refractivity contribution in [2.75, 3.05) is 0 Å². The molecule has 26 heavy (non-hydrogen) atoms. The minimum atomic E-state index is -1.74. The van der Waals surface area contributed by atoms with Gasteiger partial charge in [-0.05, 0) is 48.5 Å². The maximum Gasteiger partial charge on any atom is 0.131 e. The maximum absolute atomic E-state index is 5.10. The Balaban J connectivity index is 2.64. The normalized spacial score (nSPS) is 13.5. The second-order valence-electron chi connectivity index (χ2n) is 8.93. The van der Waals surface area contributed by atoms with E-state index in [1.165, 1.54) is 19.0 Å². The van der Waals surface area contributed by atoms with Gasteiger partial charge in [-0.3, -0.25) is 0 Å². The second kappa shape index (κ2) is 8.18. The van der Waals surface area contributed by atoms with Crippen molar-refractivity contribution >= 4 is 79.9 Å². The zero-order valence-corrected chi connectivity index (χ0v) is 24.0. The number of thiazole rings is 2. The Kier molecular flexibility index (Phi) is 7.22. The predicted octanol–water partition coefficient (Wildman–Crippen LogP) is 7.22. The van der Waals surface area contributed by atoms with E-state index in [9.17, 15) is 0 Å². The number of hydrogen-bond donors (Lipinski definition) is 0. The van der Waals surface area contributed by atoms with Gasteiger partial charge in [0, 0.05) is 0 Å². The number of aromatic nitrogens is 2. The van der Waals surface area contributed by atoms with E-state index in [0.29, 0.717) is 16.6 Å². The van der Waals surface area contributed by atoms with Crippen molar-refractivity contribution in [3.63, 3.8) is 0 Å². The van der Waals surface area contributed by atoms with Crippen LogP contribution >= 0.6 is 54.5 Å². The van der Waals surface area contributed by atoms with Crippen molar-refractivity contribution in [2.24, 2.45) is 0 Å². The number of nitrogens with zero attached hydrogens (tertiary/aromatic N) is 2. The molecule has 2 rings (SSSR count). The topological polar surface area (TPSA) is 25.8 Å². The lowest BCUT2D eigenvalue weighted by atomic mass is 10.5. The summed E-state index contributed by atoms with van der Waals surface area (Å²) in [6.45, 7) is 21.4. The Morgan fingerprint density at radius 2 is 1.04 bits per heavy atom. The van der Waals surface area contributed by atoms with Crippen LogP contribution in [-0.4, -0.2) is 26.1 Å². The highest BCUT2D eigenvalue weighted by Gasteiger charge is 2.47. The minimum absolute atomic E-state index is 0.663. The summed E-state index contributed by atoms with van der Waals surface area (Å²) in [4.78, 5) is 12.4. The maximum atomic E-state index is 5.10. The number of hydrogen-bond acceptors (Lipinski definition) is 4. The van der Waals surface area contributed by atoms with Crippen LogP contribution in [0.5, 0.6) is 0 Å². The van der Waals surface area contributed by atoms with Crippen molar-refractivity contribution in [1.29, 1.82) is 0 Å². The highest BCUT2D eigenvalue weighted by Crippen LogP contribution is 2.45. The zero-order valence-electron chi connectivity index (χ0n) is 17.2. The molecule has 0 amide bonds. The van der Waals surface area contributed by atoms with Gasteiger partial charge in [0.05, 0.1) is 19.0 Å². The molecule has 0 spiro atoms. The first-order valence-electron chi connectivity index (χ1n) is 9.17. The smallest absolute Gasteiger partial charge is 0.131 e. The van der Waals surface area contributed by atoms with Crippen LogP contribution in [0.4, 0.5) is 0 Å². The molecule has 0 aliphatic carbocycles. The summed E-state index contributed by atoms with van der Waals surface area (Å²) in [5.74, 6) is 0. The van der Waals surface area contributed by atoms with Gasteiger partial charge in [-0.25, -0.2) is 9.97 Å². The van der Waals surface area contributed by atoms with E-state index in [0.717, 1.165) is 9.21 Å². The fourth-order valence-electron chi connectivity index (χ4n) is 4.13. The molecule has 2 heterocycles. The molecule has 0 radical (unpaired) electrons. The summed E-state index contributed by atoms with van der Waals surface area (Å²) in [6, 6.07) is 0. The molecular weight excluding hydrogens is 524 g/mol. The lowest BCUT2D eigenvalue weighted by Gasteiger charge is -2.41. The summed E-state index contributed by atoms with van der Waals surface area (Å²) < 4.78 is 4.64. The summed E-state index contributed by atoms with van der Waals surface area (Å²) >= 11 is 11.2. The number of halogens is 2. The van der Waals surface area contributed by atoms with E-state index >= 15 is 0 Å². The predicted molar refractivity (Wildman–Crippen MR) is 132 cm³/mol. The average Bonchev–Trinajstić information content (AvgIpc) is 3.01. The molecule has 0 aromatic carbocycles. The first-order chi connectivity index (χ1) is 11.8. The molecule has 2 aromatic rings. The van der Waals surface area contributed by atoms with Crippen LogP contribution in [0.3, 0.4) is 0 Å². The molecule has 0 fully saturated rings. The Labute approximate surface area is 185 Å². The number of rotatable bonds is 6. The van der Waals surface area contributed by atoms with Gasteiger partial charge in [0.25, 0.3) is 0 Å². The van der Waals surface area contributed by atoms with Crippen LogP contribution in [0.15, 0.2) is 9.21 Å². The van der Waals surface area contributed by atoms with Crippen LogP contribution in [-0.2, 0) is 0 Å². The molecule has 0 N–H and O–H groups in total. The standard InChI is InChI=1S/C18H30Br2N2S2Si2/c1-10(2)26(11(3)4,12(5)6)18-22-16(20)14(24-18)13-15(19)21-17(23-13)25(7,8)9/h10-12H,1-9H3. The molecular formula is C18H30Br2N2S2Si2. The fourth-order valence-corrected chi connectivity index (χ4v) is 18.6. The van der Waals surface area contributed by atoms with E-state index in [1.807, 2.05) is 22.7 Å². The van der Waals surface area contributed by atoms with E-state index in [1.54, 1.807) is 0 Å². The Morgan fingerprint density at radius 3 is 1.35 bits per heavy atom. The summed E-state index contributed by atoms with van der Waals surface area (Å²) in [7, 11) is -3.16. The Bertz CT molecular complexity index is 755. The van der Waals surface area contributed by atoms with Gasteiger partial charge in [0.15, 0.2) is 0 Å².